The van der Waals surface area contributed by atoms with E-state index in [-0.39, 0.29) is 12.1 Å². The first-order valence-electron chi connectivity index (χ1n) is 13.0. The van der Waals surface area contributed by atoms with Gasteiger partial charge in [0.2, 0.25) is 0 Å². The molecule has 2 aliphatic heterocycles. The van der Waals surface area contributed by atoms with Crippen LogP contribution in [0.4, 0.5) is 10.6 Å². The summed E-state index contributed by atoms with van der Waals surface area (Å²) in [5, 5.41) is 10.3. The molecule has 1 atom stereocenters. The van der Waals surface area contributed by atoms with Crippen molar-refractivity contribution < 1.29 is 9.53 Å². The minimum absolute atomic E-state index is 0.0681. The normalized spacial score (nSPS) is 22.0. The van der Waals surface area contributed by atoms with Crippen molar-refractivity contribution in [1.82, 2.24) is 20.7 Å². The minimum Gasteiger partial charge on any atom is -0.444 e. The van der Waals surface area contributed by atoms with E-state index in [9.17, 15) is 10.1 Å². The molecule has 5 rings (SSSR count). The molecule has 2 N–H and O–H groups in total. The van der Waals surface area contributed by atoms with Gasteiger partial charge in [-0.1, -0.05) is 12.7 Å². The number of allylic oxidation sites excluding steroid dienone is 3. The van der Waals surface area contributed by atoms with Crippen LogP contribution in [0.5, 0.6) is 0 Å². The average Bonchev–Trinajstić information content (AvgIpc) is 3.75. The maximum atomic E-state index is 13.0. The van der Waals surface area contributed by atoms with Gasteiger partial charge < -0.3 is 25.4 Å². The molecule has 190 valence electrons. The van der Waals surface area contributed by atoms with E-state index in [1.165, 1.54) is 0 Å². The van der Waals surface area contributed by atoms with E-state index in [4.69, 9.17) is 9.72 Å². The number of hydrazine groups is 1. The van der Waals surface area contributed by atoms with Gasteiger partial charge in [0, 0.05) is 37.3 Å². The lowest BCUT2D eigenvalue weighted by molar-refractivity contribution is 0.0116. The van der Waals surface area contributed by atoms with Gasteiger partial charge in [0.15, 0.2) is 0 Å². The van der Waals surface area contributed by atoms with E-state index in [0.29, 0.717) is 37.0 Å². The van der Waals surface area contributed by atoms with Crippen molar-refractivity contribution in [2.75, 3.05) is 24.5 Å². The second kappa shape index (κ2) is 9.20. The van der Waals surface area contributed by atoms with E-state index in [0.717, 1.165) is 59.6 Å². The fourth-order valence-corrected chi connectivity index (χ4v) is 5.19. The molecule has 4 aliphatic rings. The van der Waals surface area contributed by atoms with Crippen LogP contribution in [-0.2, 0) is 4.74 Å². The largest absolute Gasteiger partial charge is 0.444 e. The Balaban J connectivity index is 1.50. The highest BCUT2D eigenvalue weighted by Gasteiger charge is 2.43. The number of nitrogens with zero attached hydrogens (tertiary/aromatic N) is 4. The van der Waals surface area contributed by atoms with E-state index < -0.39 is 5.60 Å². The molecular weight excluding hydrogens is 452 g/mol. The van der Waals surface area contributed by atoms with Crippen LogP contribution in [0.1, 0.15) is 74.8 Å². The van der Waals surface area contributed by atoms with E-state index in [2.05, 4.69) is 28.4 Å². The molecule has 0 bridgehead atoms. The van der Waals surface area contributed by atoms with Crippen molar-refractivity contribution in [2.45, 2.75) is 70.9 Å². The summed E-state index contributed by atoms with van der Waals surface area (Å²) in [5.41, 5.74) is 11.3. The Bertz CT molecular complexity index is 1180. The number of piperazine rings is 1. The second-order valence-electron chi connectivity index (χ2n) is 11.3. The van der Waals surface area contributed by atoms with Crippen LogP contribution in [0.2, 0.25) is 0 Å². The number of hydrogen-bond donors (Lipinski definition) is 2. The molecule has 1 aromatic heterocycles. The van der Waals surface area contributed by atoms with Crippen LogP contribution < -0.4 is 15.8 Å². The number of carbonyl (C=O) groups excluding carboxylic acids is 1. The van der Waals surface area contributed by atoms with Crippen molar-refractivity contribution in [2.24, 2.45) is 5.92 Å². The lowest BCUT2D eigenvalue weighted by atomic mass is 9.95. The van der Waals surface area contributed by atoms with Crippen LogP contribution in [0.3, 0.4) is 0 Å². The molecule has 2 saturated carbocycles. The van der Waals surface area contributed by atoms with Gasteiger partial charge in [0.1, 0.15) is 17.5 Å². The first-order chi connectivity index (χ1) is 17.2. The topological polar surface area (TPSA) is 93.5 Å². The van der Waals surface area contributed by atoms with Crippen LogP contribution in [0, 0.1) is 24.2 Å². The van der Waals surface area contributed by atoms with Gasteiger partial charge in [-0.05, 0) is 76.5 Å². The highest BCUT2D eigenvalue weighted by atomic mass is 16.6. The number of hydrogen-bond acceptors (Lipinski definition) is 7. The molecule has 1 aromatic rings. The Morgan fingerprint density at radius 2 is 2.03 bits per heavy atom. The van der Waals surface area contributed by atoms with Gasteiger partial charge in [-0.25, -0.2) is 9.78 Å². The molecule has 3 fully saturated rings. The van der Waals surface area contributed by atoms with Gasteiger partial charge in [-0.2, -0.15) is 5.26 Å². The maximum absolute atomic E-state index is 13.0. The van der Waals surface area contributed by atoms with Crippen molar-refractivity contribution in [3.05, 3.63) is 52.9 Å². The Labute approximate surface area is 213 Å². The Morgan fingerprint density at radius 1 is 1.28 bits per heavy atom. The average molecular weight is 489 g/mol. The van der Waals surface area contributed by atoms with Crippen molar-refractivity contribution in [3.8, 4) is 6.07 Å². The third-order valence-corrected chi connectivity index (χ3v) is 7.31. The van der Waals surface area contributed by atoms with Gasteiger partial charge in [0.05, 0.1) is 23.0 Å². The number of anilines is 1. The molecule has 8 nitrogen and oxygen atoms in total. The van der Waals surface area contributed by atoms with E-state index in [1.807, 2.05) is 44.9 Å². The monoisotopic (exact) mass is 488 g/mol. The molecule has 36 heavy (non-hydrogen) atoms. The maximum Gasteiger partial charge on any atom is 0.410 e. The smallest absolute Gasteiger partial charge is 0.410 e. The summed E-state index contributed by atoms with van der Waals surface area (Å²) in [5.74, 6) is 1.62. The number of aromatic nitrogens is 1. The van der Waals surface area contributed by atoms with Crippen LogP contribution in [0.25, 0.3) is 5.70 Å². The number of carbonyl (C=O) groups is 1. The standard InChI is InChI=1S/C28H36N6O2/c1-6-18-13-22(32-30-15-18)24-17(2)21(14-29)26(31-25(24)20-9-10-20)33-11-12-34(23(16-33)19-7-8-19)27(35)36-28(3,4)5/h6,13,15,19-20,23,30,32H,1,7-12,16H2,2-5H3/t23-/m0/s1. The van der Waals surface area contributed by atoms with Crippen LogP contribution in [0.15, 0.2) is 30.5 Å². The zero-order valence-electron chi connectivity index (χ0n) is 21.7. The van der Waals surface area contributed by atoms with Gasteiger partial charge >= 0.3 is 6.09 Å². The summed E-state index contributed by atoms with van der Waals surface area (Å²) in [7, 11) is 0. The Hall–Kier alpha value is -3.47. The molecule has 3 heterocycles. The molecule has 0 unspecified atom stereocenters. The molecule has 1 amide bonds. The van der Waals surface area contributed by atoms with Crippen molar-refractivity contribution >= 4 is 17.6 Å². The lowest BCUT2D eigenvalue weighted by Crippen LogP contribution is -2.57. The summed E-state index contributed by atoms with van der Waals surface area (Å²) >= 11 is 0. The van der Waals surface area contributed by atoms with Crippen molar-refractivity contribution in [3.63, 3.8) is 0 Å². The zero-order valence-corrected chi connectivity index (χ0v) is 21.7. The Morgan fingerprint density at radius 3 is 2.64 bits per heavy atom. The number of amides is 1. The number of nitrogens with one attached hydrogen (secondary N) is 2. The van der Waals surface area contributed by atoms with E-state index in [1.54, 1.807) is 6.08 Å². The first kappa shape index (κ1) is 24.2. The number of ether oxygens (including phenoxy) is 1. The second-order valence-corrected chi connectivity index (χ2v) is 11.3. The molecule has 0 radical (unpaired) electrons. The predicted octanol–water partition coefficient (Wildman–Crippen LogP) is 4.49. The molecule has 0 aromatic carbocycles. The molecule has 0 spiro atoms. The van der Waals surface area contributed by atoms with Crippen LogP contribution >= 0.6 is 0 Å². The lowest BCUT2D eigenvalue weighted by Gasteiger charge is -2.43. The summed E-state index contributed by atoms with van der Waals surface area (Å²) < 4.78 is 5.72. The highest BCUT2D eigenvalue weighted by Crippen LogP contribution is 2.45. The number of pyridine rings is 1. The third kappa shape index (κ3) is 4.79. The van der Waals surface area contributed by atoms with Crippen LogP contribution in [-0.4, -0.2) is 47.3 Å². The quantitative estimate of drug-likeness (QED) is 0.631. The summed E-state index contributed by atoms with van der Waals surface area (Å²) in [4.78, 5) is 22.3. The van der Waals surface area contributed by atoms with Gasteiger partial charge in [0.25, 0.3) is 0 Å². The fraction of sp³-hybridized carbons (Fsp3) is 0.536. The fourth-order valence-electron chi connectivity index (χ4n) is 5.19. The van der Waals surface area contributed by atoms with Gasteiger partial charge in [-0.3, -0.25) is 0 Å². The zero-order chi connectivity index (χ0) is 25.6. The third-order valence-electron chi connectivity index (χ3n) is 7.31. The number of nitriles is 1. The highest BCUT2D eigenvalue weighted by molar-refractivity contribution is 5.77. The first-order valence-corrected chi connectivity index (χ1v) is 13.0. The molecule has 2 aliphatic carbocycles. The number of rotatable bonds is 5. The van der Waals surface area contributed by atoms with Gasteiger partial charge in [-0.15, -0.1) is 0 Å². The van der Waals surface area contributed by atoms with E-state index >= 15 is 0 Å². The minimum atomic E-state index is -0.526. The molecular formula is C28H36N6O2. The summed E-state index contributed by atoms with van der Waals surface area (Å²) in [6.07, 6.45) is 9.91. The molecule has 8 heteroatoms. The molecule has 1 saturated heterocycles. The predicted molar refractivity (Wildman–Crippen MR) is 140 cm³/mol. The Kier molecular flexibility index (Phi) is 6.19. The van der Waals surface area contributed by atoms with Crippen molar-refractivity contribution in [1.29, 1.82) is 5.26 Å². The summed E-state index contributed by atoms with van der Waals surface area (Å²) in [6.45, 7) is 13.5. The SMILES string of the molecule is C=CC1=CNNC(c2c(C3CC3)nc(N3CCN(C(=O)OC(C)(C)C)[C@H](C4CC4)C3)c(C#N)c2C)=C1. The summed E-state index contributed by atoms with van der Waals surface area (Å²) in [6, 6.07) is 2.53.